The highest BCUT2D eigenvalue weighted by atomic mass is 32.2. The van der Waals surface area contributed by atoms with Crippen LogP contribution in [0.5, 0.6) is 0 Å². The topological polar surface area (TPSA) is 29.1 Å². The molecule has 0 radical (unpaired) electrons. The molecule has 4 heteroatoms. The fourth-order valence-electron chi connectivity index (χ4n) is 1.62. The molecule has 0 aromatic heterocycles. The molecule has 0 aliphatic heterocycles. The summed E-state index contributed by atoms with van der Waals surface area (Å²) >= 11 is 1.75. The molecule has 1 aromatic carbocycles. The molecule has 2 atom stereocenters. The first kappa shape index (κ1) is 12.4. The van der Waals surface area contributed by atoms with Gasteiger partial charge in [-0.1, -0.05) is 6.92 Å². The van der Waals surface area contributed by atoms with Gasteiger partial charge >= 0.3 is 0 Å². The van der Waals surface area contributed by atoms with Crippen LogP contribution in [0, 0.1) is 5.41 Å². The van der Waals surface area contributed by atoms with Crippen LogP contribution in [-0.2, 0) is 4.79 Å². The lowest BCUT2D eigenvalue weighted by atomic mass is 10.1. The van der Waals surface area contributed by atoms with E-state index in [4.69, 9.17) is 0 Å². The number of nitrogens with one attached hydrogen (secondary N) is 1. The second-order valence-corrected chi connectivity index (χ2v) is 5.84. The lowest BCUT2D eigenvalue weighted by Gasteiger charge is -2.10. The molecular formula is C13H16FNOS. The van der Waals surface area contributed by atoms with Gasteiger partial charge in [0.05, 0.1) is 5.41 Å². The highest BCUT2D eigenvalue weighted by molar-refractivity contribution is 7.99. The molecule has 1 amide bonds. The maximum Gasteiger partial charge on any atom is 0.233 e. The van der Waals surface area contributed by atoms with E-state index < -0.39 is 11.6 Å². The van der Waals surface area contributed by atoms with Gasteiger partial charge in [-0.05, 0) is 43.4 Å². The summed E-state index contributed by atoms with van der Waals surface area (Å²) in [6, 6.07) is 7.64. The van der Waals surface area contributed by atoms with Crippen molar-refractivity contribution in [3.8, 4) is 0 Å². The van der Waals surface area contributed by atoms with Crippen LogP contribution in [0.3, 0.4) is 0 Å². The van der Waals surface area contributed by atoms with Crippen LogP contribution < -0.4 is 5.32 Å². The average molecular weight is 253 g/mol. The normalized spacial score (nSPS) is 26.6. The molecule has 92 valence electrons. The zero-order valence-corrected chi connectivity index (χ0v) is 10.8. The number of carbonyl (C=O) groups excluding carboxylic acids is 1. The predicted molar refractivity (Wildman–Crippen MR) is 69.1 cm³/mol. The smallest absolute Gasteiger partial charge is 0.233 e. The van der Waals surface area contributed by atoms with Gasteiger partial charge in [-0.3, -0.25) is 4.79 Å². The number of alkyl halides is 1. The minimum atomic E-state index is -0.988. The van der Waals surface area contributed by atoms with Gasteiger partial charge in [0.1, 0.15) is 6.17 Å². The molecule has 2 unspecified atom stereocenters. The summed E-state index contributed by atoms with van der Waals surface area (Å²) in [5.41, 5.74) is -0.0765. The summed E-state index contributed by atoms with van der Waals surface area (Å²) in [7, 11) is 0. The Kier molecular flexibility index (Phi) is 3.43. The molecule has 2 nitrogen and oxygen atoms in total. The van der Waals surface area contributed by atoms with E-state index in [1.807, 2.05) is 24.3 Å². The fraction of sp³-hybridized carbons (Fsp3) is 0.462. The van der Waals surface area contributed by atoms with Gasteiger partial charge in [-0.2, -0.15) is 0 Å². The van der Waals surface area contributed by atoms with Gasteiger partial charge in [-0.25, -0.2) is 4.39 Å². The minimum absolute atomic E-state index is 0.221. The Morgan fingerprint density at radius 3 is 2.59 bits per heavy atom. The molecule has 0 spiro atoms. The van der Waals surface area contributed by atoms with E-state index in [9.17, 15) is 9.18 Å². The number of anilines is 1. The molecular weight excluding hydrogens is 237 g/mol. The Balaban J connectivity index is 1.97. The molecule has 1 fully saturated rings. The third-order valence-electron chi connectivity index (χ3n) is 3.08. The van der Waals surface area contributed by atoms with Gasteiger partial charge in [-0.15, -0.1) is 11.8 Å². The van der Waals surface area contributed by atoms with E-state index in [1.54, 1.807) is 18.7 Å². The van der Waals surface area contributed by atoms with Gasteiger partial charge in [0.15, 0.2) is 0 Å². The first-order chi connectivity index (χ1) is 8.06. The molecule has 1 aromatic rings. The number of carbonyl (C=O) groups is 1. The van der Waals surface area contributed by atoms with E-state index in [0.29, 0.717) is 6.42 Å². The molecule has 1 saturated carbocycles. The van der Waals surface area contributed by atoms with E-state index in [2.05, 4.69) is 12.2 Å². The Morgan fingerprint density at radius 1 is 1.53 bits per heavy atom. The molecule has 0 bridgehead atoms. The summed E-state index contributed by atoms with van der Waals surface area (Å²) in [5.74, 6) is 0.800. The van der Waals surface area contributed by atoms with Crippen molar-refractivity contribution < 1.29 is 9.18 Å². The summed E-state index contributed by atoms with van der Waals surface area (Å²) in [4.78, 5) is 12.9. The van der Waals surface area contributed by atoms with E-state index >= 15 is 0 Å². The number of hydrogen-bond donors (Lipinski definition) is 1. The number of thioether (sulfide) groups is 1. The second kappa shape index (κ2) is 4.69. The predicted octanol–water partition coefficient (Wildman–Crippen LogP) is 3.49. The van der Waals surface area contributed by atoms with Crippen molar-refractivity contribution >= 4 is 23.4 Å². The van der Waals surface area contributed by atoms with Crippen molar-refractivity contribution in [2.45, 2.75) is 31.3 Å². The molecule has 0 saturated heterocycles. The van der Waals surface area contributed by atoms with Crippen molar-refractivity contribution in [3.05, 3.63) is 24.3 Å². The van der Waals surface area contributed by atoms with Gasteiger partial charge in [0.25, 0.3) is 0 Å². The van der Waals surface area contributed by atoms with Crippen molar-refractivity contribution in [2.24, 2.45) is 5.41 Å². The number of hydrogen-bond acceptors (Lipinski definition) is 2. The molecule has 1 N–H and O–H groups in total. The Bertz CT molecular complexity index is 420. The van der Waals surface area contributed by atoms with Crippen LogP contribution in [0.2, 0.25) is 0 Å². The van der Waals surface area contributed by atoms with E-state index in [-0.39, 0.29) is 5.91 Å². The van der Waals surface area contributed by atoms with Crippen molar-refractivity contribution in [1.82, 2.24) is 0 Å². The van der Waals surface area contributed by atoms with Crippen LogP contribution in [-0.4, -0.2) is 17.8 Å². The zero-order valence-electron chi connectivity index (χ0n) is 10.00. The standard InChI is InChI=1S/C13H16FNOS/c1-3-17-10-6-4-9(5-7-10)15-12(16)13(2)8-11(13)14/h4-7,11H,3,8H2,1-2H3,(H,15,16). The van der Waals surface area contributed by atoms with Crippen LogP contribution in [0.25, 0.3) is 0 Å². The quantitative estimate of drug-likeness (QED) is 0.832. The lowest BCUT2D eigenvalue weighted by Crippen LogP contribution is -2.23. The molecule has 17 heavy (non-hydrogen) atoms. The highest BCUT2D eigenvalue weighted by Crippen LogP contribution is 2.48. The first-order valence-corrected chi connectivity index (χ1v) is 6.73. The number of rotatable bonds is 4. The summed E-state index contributed by atoms with van der Waals surface area (Å²) in [6.45, 7) is 3.75. The average Bonchev–Trinajstić information content (AvgIpc) is 2.92. The van der Waals surface area contributed by atoms with E-state index in [1.165, 1.54) is 4.90 Å². The third-order valence-corrected chi connectivity index (χ3v) is 3.97. The SMILES string of the molecule is CCSc1ccc(NC(=O)C2(C)CC2F)cc1. The monoisotopic (exact) mass is 253 g/mol. The van der Waals surface area contributed by atoms with Crippen molar-refractivity contribution in [1.29, 1.82) is 0 Å². The number of benzene rings is 1. The maximum absolute atomic E-state index is 13.0. The zero-order chi connectivity index (χ0) is 12.5. The molecule has 1 aliphatic carbocycles. The molecule has 0 heterocycles. The summed E-state index contributed by atoms with van der Waals surface area (Å²) in [6.07, 6.45) is -0.653. The third kappa shape index (κ3) is 2.63. The number of halogens is 1. The highest BCUT2D eigenvalue weighted by Gasteiger charge is 2.57. The fourth-order valence-corrected chi connectivity index (χ4v) is 2.29. The number of amides is 1. The van der Waals surface area contributed by atoms with Gasteiger partial charge in [0.2, 0.25) is 5.91 Å². The molecule has 2 rings (SSSR count). The Morgan fingerprint density at radius 2 is 2.12 bits per heavy atom. The van der Waals surface area contributed by atoms with E-state index in [0.717, 1.165) is 11.4 Å². The van der Waals surface area contributed by atoms with Crippen LogP contribution in [0.1, 0.15) is 20.3 Å². The minimum Gasteiger partial charge on any atom is -0.326 e. The maximum atomic E-state index is 13.0. The molecule has 1 aliphatic rings. The van der Waals surface area contributed by atoms with Crippen LogP contribution >= 0.6 is 11.8 Å². The second-order valence-electron chi connectivity index (χ2n) is 4.50. The Labute approximate surface area is 105 Å². The van der Waals surface area contributed by atoms with Crippen molar-refractivity contribution in [3.63, 3.8) is 0 Å². The van der Waals surface area contributed by atoms with Crippen LogP contribution in [0.15, 0.2) is 29.2 Å². The summed E-state index contributed by atoms with van der Waals surface area (Å²) in [5, 5.41) is 2.76. The van der Waals surface area contributed by atoms with Crippen molar-refractivity contribution in [2.75, 3.05) is 11.1 Å². The Hall–Kier alpha value is -1.03. The lowest BCUT2D eigenvalue weighted by molar-refractivity contribution is -0.121. The van der Waals surface area contributed by atoms with Gasteiger partial charge in [0, 0.05) is 10.6 Å². The van der Waals surface area contributed by atoms with Crippen LogP contribution in [0.4, 0.5) is 10.1 Å². The summed E-state index contributed by atoms with van der Waals surface area (Å²) < 4.78 is 13.0. The first-order valence-electron chi connectivity index (χ1n) is 5.74. The van der Waals surface area contributed by atoms with Gasteiger partial charge < -0.3 is 5.32 Å². The largest absolute Gasteiger partial charge is 0.326 e.